The summed E-state index contributed by atoms with van der Waals surface area (Å²) in [6.45, 7) is 3.67. The van der Waals surface area contributed by atoms with Crippen LogP contribution in [0.2, 0.25) is 5.02 Å². The molecule has 1 fully saturated rings. The van der Waals surface area contributed by atoms with Crippen molar-refractivity contribution in [2.75, 3.05) is 6.54 Å². The molecule has 0 unspecified atom stereocenters. The van der Waals surface area contributed by atoms with E-state index in [9.17, 15) is 9.59 Å². The lowest BCUT2D eigenvalue weighted by Crippen LogP contribution is -2.48. The smallest absolute Gasteiger partial charge is 0.240 e. The van der Waals surface area contributed by atoms with Crippen LogP contribution in [0.3, 0.4) is 0 Å². The van der Waals surface area contributed by atoms with Crippen molar-refractivity contribution in [1.82, 2.24) is 10.6 Å². The Balaban J connectivity index is 1.87. The van der Waals surface area contributed by atoms with Gasteiger partial charge in [0.25, 0.3) is 0 Å². The van der Waals surface area contributed by atoms with Gasteiger partial charge in [-0.1, -0.05) is 37.6 Å². The van der Waals surface area contributed by atoms with E-state index in [1.54, 1.807) is 0 Å². The topological polar surface area (TPSA) is 84.2 Å². The molecule has 1 saturated carbocycles. The van der Waals surface area contributed by atoms with E-state index in [-0.39, 0.29) is 29.8 Å². The molecule has 4 N–H and O–H groups in total. The predicted octanol–water partition coefficient (Wildman–Crippen LogP) is 1.54. The SMILES string of the molecule is CC(C)[C@H](N)C(=O)NCC(=O)NC1(c2ccc(Cl)cc2)CC1. The number of nitrogens with one attached hydrogen (secondary N) is 2. The van der Waals surface area contributed by atoms with E-state index in [1.165, 1.54) is 0 Å². The van der Waals surface area contributed by atoms with Gasteiger partial charge < -0.3 is 16.4 Å². The molecule has 0 heterocycles. The molecule has 0 aliphatic heterocycles. The van der Waals surface area contributed by atoms with Crippen molar-refractivity contribution in [3.8, 4) is 0 Å². The largest absolute Gasteiger partial charge is 0.346 e. The summed E-state index contributed by atoms with van der Waals surface area (Å²) in [5.41, 5.74) is 6.46. The first-order chi connectivity index (χ1) is 10.3. The van der Waals surface area contributed by atoms with Gasteiger partial charge in [0.15, 0.2) is 0 Å². The van der Waals surface area contributed by atoms with Crippen LogP contribution in [0.25, 0.3) is 0 Å². The number of amides is 2. The van der Waals surface area contributed by atoms with Crippen LogP contribution in [0.5, 0.6) is 0 Å². The molecule has 0 saturated heterocycles. The van der Waals surface area contributed by atoms with Crippen molar-refractivity contribution >= 4 is 23.4 Å². The summed E-state index contributed by atoms with van der Waals surface area (Å²) in [7, 11) is 0. The minimum atomic E-state index is -0.598. The Morgan fingerprint density at radius 3 is 2.36 bits per heavy atom. The maximum Gasteiger partial charge on any atom is 0.240 e. The first-order valence-electron chi connectivity index (χ1n) is 7.44. The van der Waals surface area contributed by atoms with Gasteiger partial charge in [0.05, 0.1) is 18.1 Å². The molecule has 1 aliphatic rings. The lowest BCUT2D eigenvalue weighted by atomic mass is 10.0. The number of hydrogen-bond acceptors (Lipinski definition) is 3. The molecule has 5 nitrogen and oxygen atoms in total. The quantitative estimate of drug-likeness (QED) is 0.742. The van der Waals surface area contributed by atoms with E-state index >= 15 is 0 Å². The van der Waals surface area contributed by atoms with E-state index in [1.807, 2.05) is 38.1 Å². The highest BCUT2D eigenvalue weighted by Crippen LogP contribution is 2.45. The highest BCUT2D eigenvalue weighted by atomic mass is 35.5. The second-order valence-electron chi connectivity index (χ2n) is 6.12. The number of hydrogen-bond donors (Lipinski definition) is 3. The fourth-order valence-electron chi connectivity index (χ4n) is 2.28. The molecule has 0 aromatic heterocycles. The number of halogens is 1. The molecule has 1 aromatic rings. The van der Waals surface area contributed by atoms with E-state index in [4.69, 9.17) is 17.3 Å². The van der Waals surface area contributed by atoms with Gasteiger partial charge in [-0.05, 0) is 36.5 Å². The van der Waals surface area contributed by atoms with E-state index < -0.39 is 6.04 Å². The zero-order valence-corrected chi connectivity index (χ0v) is 13.6. The number of carbonyl (C=O) groups excluding carboxylic acids is 2. The summed E-state index contributed by atoms with van der Waals surface area (Å²) in [5, 5.41) is 6.23. The van der Waals surface area contributed by atoms with Crippen LogP contribution in [0, 0.1) is 5.92 Å². The summed E-state index contributed by atoms with van der Waals surface area (Å²) < 4.78 is 0. The number of benzene rings is 1. The van der Waals surface area contributed by atoms with Crippen molar-refractivity contribution in [3.05, 3.63) is 34.9 Å². The van der Waals surface area contributed by atoms with E-state index in [2.05, 4.69) is 10.6 Å². The van der Waals surface area contributed by atoms with Gasteiger partial charge in [0.2, 0.25) is 11.8 Å². The average Bonchev–Trinajstić information content (AvgIpc) is 3.25. The first-order valence-corrected chi connectivity index (χ1v) is 7.82. The lowest BCUT2D eigenvalue weighted by molar-refractivity contribution is -0.127. The van der Waals surface area contributed by atoms with Crippen LogP contribution in [0.15, 0.2) is 24.3 Å². The van der Waals surface area contributed by atoms with Crippen LogP contribution in [0.1, 0.15) is 32.3 Å². The maximum atomic E-state index is 12.0. The summed E-state index contributed by atoms with van der Waals surface area (Å²) in [4.78, 5) is 23.8. The minimum Gasteiger partial charge on any atom is -0.346 e. The highest BCUT2D eigenvalue weighted by Gasteiger charge is 2.45. The van der Waals surface area contributed by atoms with Gasteiger partial charge in [0.1, 0.15) is 0 Å². The Bertz CT molecular complexity index is 553. The molecule has 22 heavy (non-hydrogen) atoms. The third-order valence-corrected chi connectivity index (χ3v) is 4.22. The molecule has 120 valence electrons. The van der Waals surface area contributed by atoms with Gasteiger partial charge in [-0.2, -0.15) is 0 Å². The van der Waals surface area contributed by atoms with Crippen LogP contribution in [-0.4, -0.2) is 24.4 Å². The van der Waals surface area contributed by atoms with Crippen molar-refractivity contribution in [2.45, 2.75) is 38.3 Å². The summed E-state index contributed by atoms with van der Waals surface area (Å²) in [6, 6.07) is 6.86. The molecule has 0 spiro atoms. The van der Waals surface area contributed by atoms with Gasteiger partial charge in [-0.25, -0.2) is 0 Å². The van der Waals surface area contributed by atoms with Gasteiger partial charge in [-0.15, -0.1) is 0 Å². The van der Waals surface area contributed by atoms with Crippen molar-refractivity contribution in [2.24, 2.45) is 11.7 Å². The van der Waals surface area contributed by atoms with Crippen molar-refractivity contribution < 1.29 is 9.59 Å². The molecule has 0 radical (unpaired) electrons. The Morgan fingerprint density at radius 1 is 1.27 bits per heavy atom. The van der Waals surface area contributed by atoms with Crippen LogP contribution >= 0.6 is 11.6 Å². The molecule has 2 rings (SSSR count). The Hall–Kier alpha value is -1.59. The van der Waals surface area contributed by atoms with Crippen LogP contribution < -0.4 is 16.4 Å². The normalized spacial score (nSPS) is 17.0. The molecule has 2 amide bonds. The summed E-state index contributed by atoms with van der Waals surface area (Å²) in [6.07, 6.45) is 1.78. The Kier molecular flexibility index (Phi) is 5.08. The number of carbonyl (C=O) groups is 2. The zero-order chi connectivity index (χ0) is 16.3. The maximum absolute atomic E-state index is 12.0. The fraction of sp³-hybridized carbons (Fsp3) is 0.500. The Labute approximate surface area is 135 Å². The van der Waals surface area contributed by atoms with Gasteiger partial charge in [0, 0.05) is 5.02 Å². The molecule has 6 heteroatoms. The monoisotopic (exact) mass is 323 g/mol. The van der Waals surface area contributed by atoms with Crippen molar-refractivity contribution in [3.63, 3.8) is 0 Å². The van der Waals surface area contributed by atoms with Crippen LogP contribution in [0.4, 0.5) is 0 Å². The minimum absolute atomic E-state index is 0.0342. The first kappa shape index (κ1) is 16.8. The third kappa shape index (κ3) is 3.99. The highest BCUT2D eigenvalue weighted by molar-refractivity contribution is 6.30. The van der Waals surface area contributed by atoms with E-state index in [0.29, 0.717) is 5.02 Å². The van der Waals surface area contributed by atoms with E-state index in [0.717, 1.165) is 18.4 Å². The standard InChI is InChI=1S/C16H22ClN3O2/c1-10(2)14(18)15(22)19-9-13(21)20-16(7-8-16)11-3-5-12(17)6-4-11/h3-6,10,14H,7-9,18H2,1-2H3,(H,19,22)(H,20,21)/t14-/m0/s1. The molecule has 1 aliphatic carbocycles. The van der Waals surface area contributed by atoms with Crippen molar-refractivity contribution in [1.29, 1.82) is 0 Å². The molecule has 1 aromatic carbocycles. The molecular weight excluding hydrogens is 302 g/mol. The lowest BCUT2D eigenvalue weighted by Gasteiger charge is -2.19. The average molecular weight is 324 g/mol. The predicted molar refractivity (Wildman–Crippen MR) is 86.3 cm³/mol. The second-order valence-corrected chi connectivity index (χ2v) is 6.56. The summed E-state index contributed by atoms with van der Waals surface area (Å²) >= 11 is 5.88. The molecule has 0 bridgehead atoms. The van der Waals surface area contributed by atoms with Crippen LogP contribution in [-0.2, 0) is 15.1 Å². The third-order valence-electron chi connectivity index (χ3n) is 3.97. The number of rotatable bonds is 6. The fourth-order valence-corrected chi connectivity index (χ4v) is 2.40. The van der Waals surface area contributed by atoms with Gasteiger partial charge >= 0.3 is 0 Å². The zero-order valence-electron chi connectivity index (χ0n) is 12.9. The van der Waals surface area contributed by atoms with Gasteiger partial charge in [-0.3, -0.25) is 9.59 Å². The Morgan fingerprint density at radius 2 is 1.86 bits per heavy atom. The second kappa shape index (κ2) is 6.67. The summed E-state index contributed by atoms with van der Waals surface area (Å²) in [5.74, 6) is -0.481. The number of nitrogens with two attached hydrogens (primary N) is 1. The molecule has 1 atom stereocenters. The molecular formula is C16H22ClN3O2.